The monoisotopic (exact) mass is 329 g/mol. The fourth-order valence-corrected chi connectivity index (χ4v) is 2.45. The highest BCUT2D eigenvalue weighted by atomic mass is 35.5. The van der Waals surface area contributed by atoms with Crippen LogP contribution in [0, 0.1) is 0 Å². The Morgan fingerprint density at radius 3 is 2.91 bits per heavy atom. The Morgan fingerprint density at radius 2 is 2.13 bits per heavy atom. The lowest BCUT2D eigenvalue weighted by Crippen LogP contribution is -2.28. The molecule has 1 N–H and O–H groups in total. The number of amides is 1. The second kappa shape index (κ2) is 7.15. The summed E-state index contributed by atoms with van der Waals surface area (Å²) in [5, 5.41) is 7.73. The van der Waals surface area contributed by atoms with Crippen molar-refractivity contribution in [3.05, 3.63) is 65.6 Å². The van der Waals surface area contributed by atoms with Crippen LogP contribution in [0.15, 0.2) is 59.5 Å². The van der Waals surface area contributed by atoms with Gasteiger partial charge in [0, 0.05) is 17.8 Å². The normalized spacial score (nSPS) is 10.7. The summed E-state index contributed by atoms with van der Waals surface area (Å²) >= 11 is 6.05. The highest BCUT2D eigenvalue weighted by Gasteiger charge is 2.07. The number of carbonyl (C=O) groups excluding carboxylic acids is 1. The van der Waals surface area contributed by atoms with Crippen molar-refractivity contribution in [3.8, 4) is 11.3 Å². The van der Waals surface area contributed by atoms with Gasteiger partial charge < -0.3 is 9.73 Å². The van der Waals surface area contributed by atoms with E-state index in [9.17, 15) is 4.79 Å². The Bertz CT molecular complexity index is 781. The molecule has 0 saturated carbocycles. The minimum Gasteiger partial charge on any atom is -0.464 e. The second-order valence-corrected chi connectivity index (χ2v) is 5.49. The average molecular weight is 330 g/mol. The van der Waals surface area contributed by atoms with Gasteiger partial charge in [-0.25, -0.2) is 0 Å². The van der Waals surface area contributed by atoms with E-state index in [1.54, 1.807) is 23.2 Å². The van der Waals surface area contributed by atoms with Crippen LogP contribution in [0.25, 0.3) is 11.3 Å². The van der Waals surface area contributed by atoms with Gasteiger partial charge in [0.2, 0.25) is 5.91 Å². The first-order valence-electron chi connectivity index (χ1n) is 7.29. The predicted molar refractivity (Wildman–Crippen MR) is 88.1 cm³/mol. The number of nitrogens with one attached hydrogen (secondary N) is 1. The fraction of sp³-hybridized carbons (Fsp3) is 0.176. The smallest absolute Gasteiger partial charge is 0.224 e. The molecule has 118 valence electrons. The van der Waals surface area contributed by atoms with Crippen LogP contribution in [0.5, 0.6) is 0 Å². The number of benzene rings is 1. The molecule has 0 aliphatic rings. The van der Waals surface area contributed by atoms with E-state index < -0.39 is 0 Å². The zero-order valence-corrected chi connectivity index (χ0v) is 13.2. The zero-order valence-electron chi connectivity index (χ0n) is 12.4. The van der Waals surface area contributed by atoms with Gasteiger partial charge in [-0.1, -0.05) is 29.8 Å². The number of halogens is 1. The van der Waals surface area contributed by atoms with Crippen LogP contribution in [0.1, 0.15) is 5.56 Å². The van der Waals surface area contributed by atoms with Crippen molar-refractivity contribution in [2.45, 2.75) is 13.0 Å². The molecule has 6 heteroatoms. The molecule has 0 atom stereocenters. The number of furan rings is 1. The molecule has 23 heavy (non-hydrogen) atoms. The van der Waals surface area contributed by atoms with E-state index in [4.69, 9.17) is 16.0 Å². The van der Waals surface area contributed by atoms with Crippen molar-refractivity contribution in [1.29, 1.82) is 0 Å². The third-order valence-corrected chi connectivity index (χ3v) is 3.78. The van der Waals surface area contributed by atoms with Crippen LogP contribution < -0.4 is 5.32 Å². The molecular weight excluding hydrogens is 314 g/mol. The molecule has 0 saturated heterocycles. The lowest BCUT2D eigenvalue weighted by atomic mass is 10.1. The lowest BCUT2D eigenvalue weighted by molar-refractivity contribution is -0.120. The molecule has 0 spiro atoms. The summed E-state index contributed by atoms with van der Waals surface area (Å²) in [6.07, 6.45) is 5.53. The van der Waals surface area contributed by atoms with Crippen molar-refractivity contribution in [2.24, 2.45) is 0 Å². The third kappa shape index (κ3) is 4.02. The number of rotatable bonds is 6. The summed E-state index contributed by atoms with van der Waals surface area (Å²) in [7, 11) is 0. The van der Waals surface area contributed by atoms with E-state index in [1.807, 2.05) is 36.5 Å². The summed E-state index contributed by atoms with van der Waals surface area (Å²) < 4.78 is 7.09. The van der Waals surface area contributed by atoms with Gasteiger partial charge >= 0.3 is 0 Å². The molecule has 5 nitrogen and oxygen atoms in total. The van der Waals surface area contributed by atoms with Crippen LogP contribution in [-0.4, -0.2) is 22.2 Å². The molecule has 0 bridgehead atoms. The van der Waals surface area contributed by atoms with Crippen LogP contribution in [0.2, 0.25) is 5.02 Å². The van der Waals surface area contributed by atoms with Crippen molar-refractivity contribution < 1.29 is 9.21 Å². The lowest BCUT2D eigenvalue weighted by Gasteiger charge is -2.06. The van der Waals surface area contributed by atoms with Crippen LogP contribution >= 0.6 is 11.6 Å². The number of hydrogen-bond donors (Lipinski definition) is 1. The maximum atomic E-state index is 11.9. The van der Waals surface area contributed by atoms with Gasteiger partial charge in [0.15, 0.2) is 0 Å². The first-order valence-corrected chi connectivity index (χ1v) is 7.66. The Balaban J connectivity index is 1.48. The first-order chi connectivity index (χ1) is 11.2. The Kier molecular flexibility index (Phi) is 4.78. The predicted octanol–water partition coefficient (Wildman–Crippen LogP) is 3.16. The van der Waals surface area contributed by atoms with Gasteiger partial charge in [-0.05, 0) is 23.8 Å². The highest BCUT2D eigenvalue weighted by Crippen LogP contribution is 2.18. The summed E-state index contributed by atoms with van der Waals surface area (Å²) in [6.45, 7) is 1.09. The molecule has 3 rings (SSSR count). The van der Waals surface area contributed by atoms with Gasteiger partial charge in [0.05, 0.1) is 31.0 Å². The minimum atomic E-state index is -0.0588. The van der Waals surface area contributed by atoms with Crippen LogP contribution in [-0.2, 0) is 17.8 Å². The van der Waals surface area contributed by atoms with Gasteiger partial charge in [0.25, 0.3) is 0 Å². The molecule has 0 aliphatic carbocycles. The van der Waals surface area contributed by atoms with Crippen molar-refractivity contribution in [2.75, 3.05) is 6.54 Å². The maximum absolute atomic E-state index is 11.9. The van der Waals surface area contributed by atoms with E-state index in [2.05, 4.69) is 10.4 Å². The van der Waals surface area contributed by atoms with Crippen molar-refractivity contribution in [1.82, 2.24) is 15.1 Å². The van der Waals surface area contributed by atoms with Gasteiger partial charge in [-0.3, -0.25) is 9.48 Å². The Labute approximate surface area is 138 Å². The molecule has 3 aromatic rings. The van der Waals surface area contributed by atoms with E-state index in [0.29, 0.717) is 18.1 Å². The first kappa shape index (κ1) is 15.4. The molecule has 0 aliphatic heterocycles. The molecule has 1 aromatic carbocycles. The second-order valence-electron chi connectivity index (χ2n) is 5.09. The fourth-order valence-electron chi connectivity index (χ4n) is 2.24. The SMILES string of the molecule is O=C(Cc1ccccc1Cl)NCCn1cc(-c2ccco2)cn1. The minimum absolute atomic E-state index is 0.0588. The number of carbonyl (C=O) groups is 1. The molecule has 0 radical (unpaired) electrons. The highest BCUT2D eigenvalue weighted by molar-refractivity contribution is 6.31. The zero-order chi connectivity index (χ0) is 16.1. The molecular formula is C17H16ClN3O2. The van der Waals surface area contributed by atoms with Gasteiger partial charge in [0.1, 0.15) is 5.76 Å². The quantitative estimate of drug-likeness (QED) is 0.755. The summed E-state index contributed by atoms with van der Waals surface area (Å²) in [5.41, 5.74) is 1.74. The molecule has 0 unspecified atom stereocenters. The van der Waals surface area contributed by atoms with Crippen molar-refractivity contribution >= 4 is 17.5 Å². The summed E-state index contributed by atoms with van der Waals surface area (Å²) in [5.74, 6) is 0.718. The number of aromatic nitrogens is 2. The summed E-state index contributed by atoms with van der Waals surface area (Å²) in [6, 6.07) is 11.1. The van der Waals surface area contributed by atoms with Gasteiger partial charge in [-0.2, -0.15) is 5.10 Å². The standard InChI is InChI=1S/C17H16ClN3O2/c18-15-5-2-1-4-13(15)10-17(22)19-7-8-21-12-14(11-20-21)16-6-3-9-23-16/h1-6,9,11-12H,7-8,10H2,(H,19,22). The van der Waals surface area contributed by atoms with E-state index in [-0.39, 0.29) is 12.3 Å². The number of hydrogen-bond acceptors (Lipinski definition) is 3. The third-order valence-electron chi connectivity index (χ3n) is 3.41. The summed E-state index contributed by atoms with van der Waals surface area (Å²) in [4.78, 5) is 11.9. The Morgan fingerprint density at radius 1 is 1.26 bits per heavy atom. The van der Waals surface area contributed by atoms with E-state index in [1.165, 1.54) is 0 Å². The van der Waals surface area contributed by atoms with Crippen LogP contribution in [0.3, 0.4) is 0 Å². The van der Waals surface area contributed by atoms with E-state index >= 15 is 0 Å². The number of nitrogens with zero attached hydrogens (tertiary/aromatic N) is 2. The Hall–Kier alpha value is -2.53. The van der Waals surface area contributed by atoms with Gasteiger partial charge in [-0.15, -0.1) is 0 Å². The topological polar surface area (TPSA) is 60.1 Å². The molecule has 1 amide bonds. The van der Waals surface area contributed by atoms with Crippen molar-refractivity contribution in [3.63, 3.8) is 0 Å². The average Bonchev–Trinajstić information content (AvgIpc) is 3.20. The molecule has 0 fully saturated rings. The molecule has 2 heterocycles. The van der Waals surface area contributed by atoms with E-state index in [0.717, 1.165) is 16.9 Å². The maximum Gasteiger partial charge on any atom is 0.224 e. The molecule has 2 aromatic heterocycles. The largest absolute Gasteiger partial charge is 0.464 e. The van der Waals surface area contributed by atoms with Crippen LogP contribution in [0.4, 0.5) is 0 Å².